The SMILES string of the molecule is Cc1cc(C(=O)N2CCOC2=O)cc(C)c1/C=C/S(=O)(=O)N1CCC2(CC1)N=C(C1CCCCC1)NC2=O.Cc1cc(C(=O)N2CCOC2=O)cc(C)c1CCS(=O)(=O)N1CCC2(CC1)N=C(C1CCCCC1)NC2=O. The maximum Gasteiger partial charge on any atom is 0.416 e. The minimum Gasteiger partial charge on any atom is -0.447 e. The van der Waals surface area contributed by atoms with Crippen LogP contribution >= 0.6 is 0 Å². The molecule has 2 aromatic rings. The van der Waals surface area contributed by atoms with Crippen LogP contribution in [0.4, 0.5) is 9.59 Å². The van der Waals surface area contributed by atoms with Gasteiger partial charge in [0, 0.05) is 54.5 Å². The van der Waals surface area contributed by atoms with Crippen LogP contribution in [-0.4, -0.2) is 152 Å². The molecule has 8 aliphatic rings. The van der Waals surface area contributed by atoms with Crippen LogP contribution in [0.1, 0.15) is 144 Å². The number of carbonyl (C=O) groups is 6. The Morgan fingerprint density at radius 3 is 1.42 bits per heavy atom. The molecule has 2 aliphatic carbocycles. The monoisotopic (exact) mass is 1090 g/mol. The van der Waals surface area contributed by atoms with Crippen molar-refractivity contribution >= 4 is 73.6 Å². The van der Waals surface area contributed by atoms with Crippen molar-refractivity contribution in [1.82, 2.24) is 29.0 Å². The van der Waals surface area contributed by atoms with Gasteiger partial charge in [-0.2, -0.15) is 4.31 Å². The molecule has 6 amide bonds. The van der Waals surface area contributed by atoms with Crippen LogP contribution < -0.4 is 10.6 Å². The molecule has 0 radical (unpaired) electrons. The molecule has 4 saturated heterocycles. The van der Waals surface area contributed by atoms with E-state index in [9.17, 15) is 45.6 Å². The molecule has 2 aromatic carbocycles. The predicted octanol–water partition coefficient (Wildman–Crippen LogP) is 5.85. The molecule has 0 atom stereocenters. The van der Waals surface area contributed by atoms with E-state index in [-0.39, 0.29) is 70.0 Å². The van der Waals surface area contributed by atoms with Gasteiger partial charge in [-0.3, -0.25) is 29.2 Å². The zero-order chi connectivity index (χ0) is 54.2. The Kier molecular flexibility index (Phi) is 16.1. The van der Waals surface area contributed by atoms with E-state index >= 15 is 0 Å². The number of rotatable bonds is 11. The molecule has 2 saturated carbocycles. The number of nitrogens with one attached hydrogen (secondary N) is 2. The van der Waals surface area contributed by atoms with Gasteiger partial charge >= 0.3 is 12.2 Å². The smallest absolute Gasteiger partial charge is 0.416 e. The second-order valence-electron chi connectivity index (χ2n) is 21.6. The Bertz CT molecular complexity index is 2950. The summed E-state index contributed by atoms with van der Waals surface area (Å²) in [5, 5.41) is 7.21. The summed E-state index contributed by atoms with van der Waals surface area (Å²) >= 11 is 0. The third kappa shape index (κ3) is 11.4. The topological polar surface area (TPSA) is 251 Å². The van der Waals surface area contributed by atoms with E-state index in [1.165, 1.54) is 26.9 Å². The van der Waals surface area contributed by atoms with Crippen molar-refractivity contribution in [2.75, 3.05) is 58.2 Å². The molecule has 2 spiro atoms. The summed E-state index contributed by atoms with van der Waals surface area (Å²) in [7, 11) is -7.27. The summed E-state index contributed by atoms with van der Waals surface area (Å²) in [6, 6.07) is 6.71. The number of hydrogen-bond donors (Lipinski definition) is 2. The molecule has 0 unspecified atom stereocenters. The number of sulfonamides is 2. The summed E-state index contributed by atoms with van der Waals surface area (Å²) in [4.78, 5) is 86.5. The molecule has 6 fully saturated rings. The van der Waals surface area contributed by atoms with Gasteiger partial charge in [0.15, 0.2) is 0 Å². The average Bonchev–Trinajstić information content (AvgIpc) is 4.19. The van der Waals surface area contributed by atoms with Gasteiger partial charge in [0.25, 0.3) is 23.6 Å². The number of carbonyl (C=O) groups excluding carboxylic acids is 6. The van der Waals surface area contributed by atoms with Crippen LogP contribution in [0.2, 0.25) is 0 Å². The number of nitrogens with zero attached hydrogens (tertiary/aromatic N) is 6. The number of piperidine rings is 2. The predicted molar refractivity (Wildman–Crippen MR) is 283 cm³/mol. The summed E-state index contributed by atoms with van der Waals surface area (Å²) in [5.41, 5.74) is 3.66. The number of imide groups is 2. The van der Waals surface area contributed by atoms with Gasteiger partial charge in [0.05, 0.1) is 18.8 Å². The Morgan fingerprint density at radius 1 is 0.605 bits per heavy atom. The molecule has 10 rings (SSSR count). The van der Waals surface area contributed by atoms with Crippen LogP contribution in [0, 0.1) is 39.5 Å². The van der Waals surface area contributed by atoms with Gasteiger partial charge in [-0.1, -0.05) is 38.5 Å². The first-order chi connectivity index (χ1) is 36.2. The minimum atomic E-state index is -3.72. The molecule has 0 aromatic heterocycles. The fourth-order valence-electron chi connectivity index (χ4n) is 12.1. The molecular formula is C54H70N8O12S2. The maximum absolute atomic E-state index is 13.2. The number of hydrogen-bond acceptors (Lipinski definition) is 14. The average molecular weight is 1090 g/mol. The molecule has 2 N–H and O–H groups in total. The third-order valence-corrected chi connectivity index (χ3v) is 20.1. The first kappa shape index (κ1) is 54.9. The van der Waals surface area contributed by atoms with E-state index in [0.717, 1.165) is 101 Å². The molecule has 410 valence electrons. The molecule has 76 heavy (non-hydrogen) atoms. The van der Waals surface area contributed by atoms with E-state index in [1.807, 2.05) is 13.8 Å². The second kappa shape index (κ2) is 22.3. The highest BCUT2D eigenvalue weighted by Gasteiger charge is 2.50. The molecule has 0 bridgehead atoms. The van der Waals surface area contributed by atoms with Gasteiger partial charge in [-0.15, -0.1) is 0 Å². The Balaban J connectivity index is 0.000000186. The zero-order valence-electron chi connectivity index (χ0n) is 44.0. The fraction of sp³-hybridized carbons (Fsp3) is 0.593. The van der Waals surface area contributed by atoms with Gasteiger partial charge in [0.1, 0.15) is 36.0 Å². The largest absolute Gasteiger partial charge is 0.447 e. The van der Waals surface area contributed by atoms with Gasteiger partial charge in [-0.05, 0) is 149 Å². The second-order valence-corrected chi connectivity index (χ2v) is 25.5. The number of benzene rings is 2. The highest BCUT2D eigenvalue weighted by molar-refractivity contribution is 7.92. The number of amidine groups is 2. The number of amides is 6. The Morgan fingerprint density at radius 2 is 1.01 bits per heavy atom. The van der Waals surface area contributed by atoms with E-state index in [2.05, 4.69) is 10.6 Å². The van der Waals surface area contributed by atoms with Crippen LogP contribution in [0.15, 0.2) is 39.7 Å². The molecule has 22 heteroatoms. The molecule has 6 heterocycles. The number of cyclic esters (lactones) is 2. The summed E-state index contributed by atoms with van der Waals surface area (Å²) in [5.74, 6) is 1.11. The lowest BCUT2D eigenvalue weighted by atomic mass is 9.88. The number of aryl methyl sites for hydroxylation is 4. The van der Waals surface area contributed by atoms with Gasteiger partial charge in [0.2, 0.25) is 20.0 Å². The van der Waals surface area contributed by atoms with Crippen molar-refractivity contribution in [3.8, 4) is 0 Å². The van der Waals surface area contributed by atoms with Gasteiger partial charge in [-0.25, -0.2) is 40.5 Å². The summed E-state index contributed by atoms with van der Waals surface area (Å²) in [6.07, 6.45) is 13.3. The normalized spacial score (nSPS) is 22.6. The molecule has 20 nitrogen and oxygen atoms in total. The fourth-order valence-corrected chi connectivity index (χ4v) is 14.7. The number of ether oxygens (including phenoxy) is 2. The van der Waals surface area contributed by atoms with Crippen LogP contribution in [0.5, 0.6) is 0 Å². The first-order valence-corrected chi connectivity index (χ1v) is 30.0. The standard InChI is InChI=1S/C27H36N4O6S.C27H34N4O6S/c2*1-18-16-21(24(32)31-13-14-37-26(31)34)17-19(2)22(18)8-15-38(35,36)30-11-9-27(10-12-30)25(33)28-23(29-27)20-6-4-3-5-7-20/h16-17,20H,3-15H2,1-2H3,(H,28,29,33);8,15-17,20H,3-7,9-14H2,1-2H3,(H,28,29,33)/b;15-8+. The van der Waals surface area contributed by atoms with Crippen LogP contribution in [-0.2, 0) is 45.5 Å². The Hall–Kier alpha value is -5.84. The van der Waals surface area contributed by atoms with Crippen LogP contribution in [0.25, 0.3) is 6.08 Å². The number of aliphatic imine (C=N–C) groups is 2. The third-order valence-electron chi connectivity index (χ3n) is 16.6. The quantitative estimate of drug-likeness (QED) is 0.269. The molecular weight excluding hydrogens is 1020 g/mol. The highest BCUT2D eigenvalue weighted by Crippen LogP contribution is 2.37. The van der Waals surface area contributed by atoms with Crippen molar-refractivity contribution < 1.29 is 55.1 Å². The van der Waals surface area contributed by atoms with Gasteiger partial charge < -0.3 is 20.1 Å². The van der Waals surface area contributed by atoms with Crippen LogP contribution in [0.3, 0.4) is 0 Å². The van der Waals surface area contributed by atoms with E-state index in [1.54, 1.807) is 44.2 Å². The van der Waals surface area contributed by atoms with Crippen molar-refractivity contribution in [3.05, 3.63) is 74.2 Å². The first-order valence-electron chi connectivity index (χ1n) is 26.9. The lowest BCUT2D eigenvalue weighted by Gasteiger charge is -2.34. The minimum absolute atomic E-state index is 0.0593. The highest BCUT2D eigenvalue weighted by atomic mass is 32.2. The van der Waals surface area contributed by atoms with E-state index in [4.69, 9.17) is 19.5 Å². The lowest BCUT2D eigenvalue weighted by molar-refractivity contribution is -0.125. The maximum atomic E-state index is 13.2. The lowest BCUT2D eigenvalue weighted by Crippen LogP contribution is -2.51. The summed E-state index contributed by atoms with van der Waals surface area (Å²) in [6.45, 7) is 9.07. The van der Waals surface area contributed by atoms with E-state index in [0.29, 0.717) is 60.6 Å². The zero-order valence-corrected chi connectivity index (χ0v) is 45.6. The van der Waals surface area contributed by atoms with E-state index < -0.39 is 55.1 Å². The van der Waals surface area contributed by atoms with Crippen molar-refractivity contribution in [1.29, 1.82) is 0 Å². The van der Waals surface area contributed by atoms with Crippen molar-refractivity contribution in [2.24, 2.45) is 21.8 Å². The summed E-state index contributed by atoms with van der Waals surface area (Å²) < 4.78 is 65.4. The van der Waals surface area contributed by atoms with Crippen molar-refractivity contribution in [3.63, 3.8) is 0 Å². The van der Waals surface area contributed by atoms with Crippen molar-refractivity contribution in [2.45, 2.75) is 135 Å². The Labute approximate surface area is 445 Å². The molecule has 6 aliphatic heterocycles.